The van der Waals surface area contributed by atoms with E-state index in [4.69, 9.17) is 4.42 Å². The standard InChI is InChI=1S/C22H17N3O2S2/c1-2-13-25-20(26)19(12-6-10-17-11-7-14-27-17)29-22(25)24-21-23-18(15-28-21)16-8-4-3-5-9-16/h2-12,14-15H,1,13H2/b10-6+,19-12+,24-22+. The highest BCUT2D eigenvalue weighted by Crippen LogP contribution is 2.34. The predicted octanol–water partition coefficient (Wildman–Crippen LogP) is 5.75. The fraction of sp³-hybridized carbons (Fsp3) is 0.0455. The van der Waals surface area contributed by atoms with Crippen molar-refractivity contribution in [3.8, 4) is 11.3 Å². The second kappa shape index (κ2) is 8.89. The maximum absolute atomic E-state index is 12.7. The Morgan fingerprint density at radius 1 is 1.21 bits per heavy atom. The van der Waals surface area contributed by atoms with Crippen molar-refractivity contribution >= 4 is 45.4 Å². The van der Waals surface area contributed by atoms with E-state index in [0.29, 0.717) is 21.7 Å². The van der Waals surface area contributed by atoms with E-state index >= 15 is 0 Å². The molecule has 1 aliphatic rings. The van der Waals surface area contributed by atoms with E-state index in [1.54, 1.807) is 35.5 Å². The van der Waals surface area contributed by atoms with Gasteiger partial charge in [-0.2, -0.15) is 4.99 Å². The lowest BCUT2D eigenvalue weighted by molar-refractivity contribution is -0.121. The third-order valence-corrected chi connectivity index (χ3v) is 5.76. The average Bonchev–Trinajstić information content (AvgIpc) is 3.48. The van der Waals surface area contributed by atoms with Gasteiger partial charge in [-0.3, -0.25) is 9.69 Å². The number of amidine groups is 1. The lowest BCUT2D eigenvalue weighted by Crippen LogP contribution is -2.29. The van der Waals surface area contributed by atoms with Crippen molar-refractivity contribution in [3.63, 3.8) is 0 Å². The minimum Gasteiger partial charge on any atom is -0.465 e. The number of nitrogens with zero attached hydrogens (tertiary/aromatic N) is 3. The number of hydrogen-bond acceptors (Lipinski definition) is 6. The van der Waals surface area contributed by atoms with Crippen LogP contribution in [0.1, 0.15) is 5.76 Å². The van der Waals surface area contributed by atoms with Crippen LogP contribution < -0.4 is 0 Å². The van der Waals surface area contributed by atoms with Crippen molar-refractivity contribution in [2.75, 3.05) is 6.54 Å². The summed E-state index contributed by atoms with van der Waals surface area (Å²) >= 11 is 2.78. The highest BCUT2D eigenvalue weighted by atomic mass is 32.2. The molecule has 144 valence electrons. The van der Waals surface area contributed by atoms with Crippen LogP contribution in [0.2, 0.25) is 0 Å². The molecule has 0 saturated carbocycles. The topological polar surface area (TPSA) is 58.7 Å². The molecule has 1 saturated heterocycles. The van der Waals surface area contributed by atoms with Gasteiger partial charge in [-0.1, -0.05) is 42.5 Å². The minimum atomic E-state index is -0.0995. The van der Waals surface area contributed by atoms with Gasteiger partial charge in [-0.25, -0.2) is 4.98 Å². The molecule has 0 unspecified atom stereocenters. The molecule has 0 radical (unpaired) electrons. The fourth-order valence-electron chi connectivity index (χ4n) is 2.65. The zero-order valence-electron chi connectivity index (χ0n) is 15.4. The maximum atomic E-state index is 12.7. The normalized spacial score (nSPS) is 17.1. The first-order chi connectivity index (χ1) is 14.2. The monoisotopic (exact) mass is 419 g/mol. The van der Waals surface area contributed by atoms with Crippen LogP contribution >= 0.6 is 23.1 Å². The number of aromatic nitrogens is 1. The summed E-state index contributed by atoms with van der Waals surface area (Å²) in [5.74, 6) is 0.628. The predicted molar refractivity (Wildman–Crippen MR) is 120 cm³/mol. The van der Waals surface area contributed by atoms with Gasteiger partial charge in [0.25, 0.3) is 5.91 Å². The van der Waals surface area contributed by atoms with Gasteiger partial charge in [0.15, 0.2) is 5.17 Å². The first-order valence-corrected chi connectivity index (χ1v) is 10.6. The van der Waals surface area contributed by atoms with Gasteiger partial charge in [0, 0.05) is 17.5 Å². The van der Waals surface area contributed by atoms with Crippen LogP contribution in [0.3, 0.4) is 0 Å². The fourth-order valence-corrected chi connectivity index (χ4v) is 4.35. The molecule has 29 heavy (non-hydrogen) atoms. The molecular formula is C22H17N3O2S2. The summed E-state index contributed by atoms with van der Waals surface area (Å²) in [5, 5.41) is 3.18. The number of thioether (sulfide) groups is 1. The summed E-state index contributed by atoms with van der Waals surface area (Å²) in [6.45, 7) is 4.14. The molecule has 5 nitrogen and oxygen atoms in total. The van der Waals surface area contributed by atoms with Gasteiger partial charge in [0.2, 0.25) is 5.13 Å². The molecule has 1 aromatic carbocycles. The molecule has 1 amide bonds. The first-order valence-electron chi connectivity index (χ1n) is 8.87. The van der Waals surface area contributed by atoms with Crippen molar-refractivity contribution in [2.24, 2.45) is 4.99 Å². The highest BCUT2D eigenvalue weighted by Gasteiger charge is 2.32. The molecule has 1 fully saturated rings. The van der Waals surface area contributed by atoms with Gasteiger partial charge in [0.05, 0.1) is 16.9 Å². The summed E-state index contributed by atoms with van der Waals surface area (Å²) in [7, 11) is 0. The number of hydrogen-bond donors (Lipinski definition) is 0. The number of carbonyl (C=O) groups is 1. The van der Waals surface area contributed by atoms with Crippen molar-refractivity contribution in [1.29, 1.82) is 0 Å². The van der Waals surface area contributed by atoms with E-state index in [1.165, 1.54) is 23.1 Å². The molecule has 0 spiro atoms. The van der Waals surface area contributed by atoms with E-state index in [9.17, 15) is 4.79 Å². The van der Waals surface area contributed by atoms with Gasteiger partial charge >= 0.3 is 0 Å². The molecule has 3 heterocycles. The SMILES string of the molecule is C=CCN1C(=O)/C(=C\C=C\c2ccco2)S/C1=N/c1nc(-c2ccccc2)cs1. The third kappa shape index (κ3) is 4.47. The average molecular weight is 420 g/mol. The maximum Gasteiger partial charge on any atom is 0.267 e. The van der Waals surface area contributed by atoms with Crippen LogP contribution in [-0.2, 0) is 4.79 Å². The molecule has 0 aliphatic carbocycles. The van der Waals surface area contributed by atoms with Crippen LogP contribution in [-0.4, -0.2) is 27.5 Å². The second-order valence-corrected chi connectivity index (χ2v) is 7.83. The van der Waals surface area contributed by atoms with Gasteiger partial charge in [-0.05, 0) is 36.0 Å². The van der Waals surface area contributed by atoms with Crippen molar-refractivity contribution < 1.29 is 9.21 Å². The Morgan fingerprint density at radius 2 is 2.07 bits per heavy atom. The zero-order valence-corrected chi connectivity index (χ0v) is 17.0. The molecular weight excluding hydrogens is 402 g/mol. The van der Waals surface area contributed by atoms with Gasteiger partial charge in [-0.15, -0.1) is 17.9 Å². The number of allylic oxidation sites excluding steroid dienone is 2. The number of carbonyl (C=O) groups excluding carboxylic acids is 1. The minimum absolute atomic E-state index is 0.0995. The van der Waals surface area contributed by atoms with Gasteiger partial charge < -0.3 is 4.42 Å². The summed E-state index contributed by atoms with van der Waals surface area (Å²) < 4.78 is 5.26. The summed E-state index contributed by atoms with van der Waals surface area (Å²) in [5.41, 5.74) is 1.91. The molecule has 1 aliphatic heterocycles. The number of rotatable bonds is 6. The number of furan rings is 1. The largest absolute Gasteiger partial charge is 0.465 e. The Morgan fingerprint density at radius 3 is 2.83 bits per heavy atom. The Labute approximate surface area is 176 Å². The smallest absolute Gasteiger partial charge is 0.267 e. The summed E-state index contributed by atoms with van der Waals surface area (Å²) in [6, 6.07) is 13.6. The first kappa shape index (κ1) is 19.2. The quantitative estimate of drug-likeness (QED) is 0.377. The number of benzene rings is 1. The molecule has 2 aromatic heterocycles. The zero-order chi connectivity index (χ0) is 20.1. The van der Waals surface area contributed by atoms with Crippen LogP contribution in [0.25, 0.3) is 17.3 Å². The lowest BCUT2D eigenvalue weighted by Gasteiger charge is -2.11. The Hall–Kier alpha value is -3.16. The lowest BCUT2D eigenvalue weighted by atomic mass is 10.2. The van der Waals surface area contributed by atoms with Crippen LogP contribution in [0.4, 0.5) is 5.13 Å². The molecule has 3 aromatic rings. The Bertz CT molecular complexity index is 1100. The number of thiazole rings is 1. The van der Waals surface area contributed by atoms with E-state index < -0.39 is 0 Å². The van der Waals surface area contributed by atoms with Crippen LogP contribution in [0.15, 0.2) is 93.2 Å². The van der Waals surface area contributed by atoms with Crippen molar-refractivity contribution in [3.05, 3.63) is 89.6 Å². The van der Waals surface area contributed by atoms with E-state index in [0.717, 1.165) is 17.0 Å². The van der Waals surface area contributed by atoms with Crippen molar-refractivity contribution in [1.82, 2.24) is 9.88 Å². The van der Waals surface area contributed by atoms with E-state index in [-0.39, 0.29) is 5.91 Å². The number of aliphatic imine (C=N–C) groups is 1. The van der Waals surface area contributed by atoms with Gasteiger partial charge in [0.1, 0.15) is 5.76 Å². The highest BCUT2D eigenvalue weighted by molar-refractivity contribution is 8.18. The molecule has 0 N–H and O–H groups in total. The van der Waals surface area contributed by atoms with Crippen LogP contribution in [0.5, 0.6) is 0 Å². The molecule has 0 bridgehead atoms. The molecule has 0 atom stereocenters. The van der Waals surface area contributed by atoms with E-state index in [1.807, 2.05) is 47.8 Å². The third-order valence-electron chi connectivity index (χ3n) is 4.00. The Kier molecular flexibility index (Phi) is 5.88. The summed E-state index contributed by atoms with van der Waals surface area (Å²) in [6.07, 6.45) is 8.67. The van der Waals surface area contributed by atoms with Crippen molar-refractivity contribution in [2.45, 2.75) is 0 Å². The van der Waals surface area contributed by atoms with E-state index in [2.05, 4.69) is 16.6 Å². The Balaban J connectivity index is 1.57. The summed E-state index contributed by atoms with van der Waals surface area (Å²) in [4.78, 5) is 24.2. The van der Waals surface area contributed by atoms with Crippen LogP contribution in [0, 0.1) is 0 Å². The molecule has 7 heteroatoms. The number of amides is 1. The molecule has 4 rings (SSSR count). The second-order valence-electron chi connectivity index (χ2n) is 5.99.